The first-order valence-corrected chi connectivity index (χ1v) is 6.88. The zero-order chi connectivity index (χ0) is 16.0. The van der Waals surface area contributed by atoms with Crippen LogP contribution in [0.3, 0.4) is 0 Å². The van der Waals surface area contributed by atoms with E-state index >= 15 is 0 Å². The van der Waals surface area contributed by atoms with Crippen LogP contribution in [-0.2, 0) is 4.74 Å². The van der Waals surface area contributed by atoms with Crippen molar-refractivity contribution in [1.82, 2.24) is 9.78 Å². The minimum atomic E-state index is -1.01. The second kappa shape index (κ2) is 7.81. The molecule has 20 heavy (non-hydrogen) atoms. The largest absolute Gasteiger partial charge is 0.387 e. The second-order valence-corrected chi connectivity index (χ2v) is 5.69. The van der Waals surface area contributed by atoms with E-state index in [-0.39, 0.29) is 6.23 Å². The van der Waals surface area contributed by atoms with Gasteiger partial charge in [0.1, 0.15) is 14.1 Å². The Morgan fingerprint density at radius 3 is 2.00 bits per heavy atom. The number of rotatable bonds is 5. The number of aromatic nitrogens is 2. The molecule has 5 nitrogen and oxygen atoms in total. The van der Waals surface area contributed by atoms with Gasteiger partial charge in [-0.25, -0.2) is 4.68 Å². The predicted octanol–water partition coefficient (Wildman–Crippen LogP) is 1.15. The summed E-state index contributed by atoms with van der Waals surface area (Å²) in [4.78, 5) is 0. The molecule has 0 saturated heterocycles. The molecule has 1 unspecified atom stereocenters. The maximum Gasteiger partial charge on any atom is 0.149 e. The fraction of sp³-hybridized carbons (Fsp3) is 0.786. The molecule has 2 radical (unpaired) electrons. The smallest absolute Gasteiger partial charge is 0.149 e. The van der Waals surface area contributed by atoms with Crippen LogP contribution in [0.4, 0.5) is 0 Å². The summed E-state index contributed by atoms with van der Waals surface area (Å²) in [5, 5.41) is 22.3. The fourth-order valence-corrected chi connectivity index (χ4v) is 1.08. The van der Waals surface area contributed by atoms with Crippen LogP contribution in [0.25, 0.3) is 0 Å². The zero-order valence-corrected chi connectivity index (χ0v) is 13.4. The van der Waals surface area contributed by atoms with Crippen molar-refractivity contribution in [3.05, 3.63) is 12.4 Å². The van der Waals surface area contributed by atoms with E-state index in [9.17, 15) is 0 Å². The van der Waals surface area contributed by atoms with E-state index in [2.05, 4.69) is 12.0 Å². The minimum absolute atomic E-state index is 0.0206. The molecule has 0 spiro atoms. The molecule has 0 fully saturated rings. The van der Waals surface area contributed by atoms with Gasteiger partial charge >= 0.3 is 0 Å². The molecule has 0 aliphatic rings. The molecule has 0 saturated carbocycles. The van der Waals surface area contributed by atoms with E-state index in [4.69, 9.17) is 22.8 Å². The molecule has 0 aliphatic carbocycles. The molecule has 1 aromatic rings. The van der Waals surface area contributed by atoms with Crippen molar-refractivity contribution >= 4 is 13.3 Å². The van der Waals surface area contributed by atoms with Gasteiger partial charge in [0, 0.05) is 19.0 Å². The van der Waals surface area contributed by atoms with Crippen LogP contribution in [0.15, 0.2) is 12.4 Å². The number of hydrogen-bond donors (Lipinski definition) is 2. The number of hydrogen-bond acceptors (Lipinski definition) is 4. The van der Waals surface area contributed by atoms with E-state index in [1.807, 2.05) is 6.92 Å². The maximum atomic E-state index is 9.10. The molecule has 1 heterocycles. The quantitative estimate of drug-likeness (QED) is 0.795. The van der Waals surface area contributed by atoms with Gasteiger partial charge < -0.3 is 14.9 Å². The summed E-state index contributed by atoms with van der Waals surface area (Å²) in [5.74, 6) is 0. The Bertz CT molecular complexity index is 369. The van der Waals surface area contributed by atoms with E-state index in [0.29, 0.717) is 12.1 Å². The van der Waals surface area contributed by atoms with Crippen molar-refractivity contribution < 1.29 is 14.9 Å². The molecular weight excluding hydrogens is 255 g/mol. The first-order valence-electron chi connectivity index (χ1n) is 6.88. The molecule has 0 amide bonds. The molecular formula is C14H27BN2O3. The van der Waals surface area contributed by atoms with Crippen molar-refractivity contribution in [3.63, 3.8) is 0 Å². The van der Waals surface area contributed by atoms with E-state index in [1.54, 1.807) is 44.8 Å². The summed E-state index contributed by atoms with van der Waals surface area (Å²) in [5.41, 5.74) is -1.34. The molecule has 0 aromatic carbocycles. The summed E-state index contributed by atoms with van der Waals surface area (Å²) in [6.45, 7) is 11.0. The van der Waals surface area contributed by atoms with Crippen molar-refractivity contribution in [2.45, 2.75) is 65.4 Å². The molecule has 1 rings (SSSR count). The molecule has 0 aliphatic heterocycles. The fourth-order valence-electron chi connectivity index (χ4n) is 1.08. The van der Waals surface area contributed by atoms with Gasteiger partial charge in [0.25, 0.3) is 0 Å². The van der Waals surface area contributed by atoms with Crippen LogP contribution in [0.2, 0.25) is 0 Å². The third-order valence-electron chi connectivity index (χ3n) is 3.12. The monoisotopic (exact) mass is 282 g/mol. The second-order valence-electron chi connectivity index (χ2n) is 5.69. The molecule has 1 aromatic heterocycles. The molecule has 114 valence electrons. The van der Waals surface area contributed by atoms with Gasteiger partial charge in [-0.1, -0.05) is 12.4 Å². The summed E-state index contributed by atoms with van der Waals surface area (Å²) >= 11 is 0. The first-order chi connectivity index (χ1) is 9.02. The third-order valence-corrected chi connectivity index (χ3v) is 3.12. The lowest BCUT2D eigenvalue weighted by Gasteiger charge is -2.31. The van der Waals surface area contributed by atoms with Crippen LogP contribution in [0.5, 0.6) is 0 Å². The molecule has 0 bridgehead atoms. The van der Waals surface area contributed by atoms with Gasteiger partial charge in [0.2, 0.25) is 0 Å². The highest BCUT2D eigenvalue weighted by atomic mass is 16.5. The predicted molar refractivity (Wildman–Crippen MR) is 81.2 cm³/mol. The molecule has 6 heteroatoms. The van der Waals surface area contributed by atoms with Crippen molar-refractivity contribution in [1.29, 1.82) is 0 Å². The Morgan fingerprint density at radius 1 is 1.25 bits per heavy atom. The highest BCUT2D eigenvalue weighted by molar-refractivity contribution is 6.31. The lowest BCUT2D eigenvalue weighted by molar-refractivity contribution is -0.107. The third kappa shape index (κ3) is 6.54. The number of ether oxygens (including phenoxy) is 1. The summed E-state index contributed by atoms with van der Waals surface area (Å²) in [6.07, 6.45) is 4.33. The van der Waals surface area contributed by atoms with Crippen molar-refractivity contribution in [2.75, 3.05) is 6.61 Å². The van der Waals surface area contributed by atoms with Gasteiger partial charge in [-0.3, -0.25) is 0 Å². The Kier molecular flexibility index (Phi) is 7.48. The highest BCUT2D eigenvalue weighted by Crippen LogP contribution is 2.19. The zero-order valence-electron chi connectivity index (χ0n) is 13.4. The summed E-state index contributed by atoms with van der Waals surface area (Å²) < 4.78 is 7.18. The Hall–Kier alpha value is -0.845. The lowest BCUT2D eigenvalue weighted by atomic mass is 9.90. The standard InChI is InChI=1S/C8H13BN2O.C6H14O2/c1-3-8(12-4-2)11-6-7(9)5-10-11;1-5(2,7)6(3,4)8/h5-6,8H,3-4H2,1-2H3;7-8H,1-4H3. The highest BCUT2D eigenvalue weighted by Gasteiger charge is 2.31. The van der Waals surface area contributed by atoms with Gasteiger partial charge in [0.15, 0.2) is 0 Å². The average molecular weight is 282 g/mol. The Morgan fingerprint density at radius 2 is 1.75 bits per heavy atom. The topological polar surface area (TPSA) is 67.5 Å². The van der Waals surface area contributed by atoms with E-state index < -0.39 is 11.2 Å². The number of aliphatic hydroxyl groups is 2. The summed E-state index contributed by atoms with van der Waals surface area (Å²) in [6, 6.07) is 0. The normalized spacial score (nSPS) is 13.6. The van der Waals surface area contributed by atoms with E-state index in [0.717, 1.165) is 6.42 Å². The van der Waals surface area contributed by atoms with Crippen molar-refractivity contribution in [3.8, 4) is 0 Å². The number of nitrogens with zero attached hydrogens (tertiary/aromatic N) is 2. The van der Waals surface area contributed by atoms with Gasteiger partial charge in [0.05, 0.1) is 11.2 Å². The molecule has 2 N–H and O–H groups in total. The SMILES string of the molecule is CC(C)(O)C(C)(C)O.[B]c1cnn(C(CC)OCC)c1. The maximum absolute atomic E-state index is 9.10. The van der Waals surface area contributed by atoms with E-state index in [1.165, 1.54) is 0 Å². The first kappa shape index (κ1) is 19.2. The minimum Gasteiger partial charge on any atom is -0.387 e. The average Bonchev–Trinajstić information content (AvgIpc) is 2.70. The van der Waals surface area contributed by atoms with Gasteiger partial charge in [-0.05, 0) is 41.0 Å². The van der Waals surface area contributed by atoms with Crippen LogP contribution < -0.4 is 5.46 Å². The van der Waals surface area contributed by atoms with Gasteiger partial charge in [-0.15, -0.1) is 0 Å². The Labute approximate surface area is 123 Å². The lowest BCUT2D eigenvalue weighted by Crippen LogP contribution is -2.44. The van der Waals surface area contributed by atoms with Crippen molar-refractivity contribution in [2.24, 2.45) is 0 Å². The van der Waals surface area contributed by atoms with Crippen LogP contribution in [0.1, 0.15) is 54.2 Å². The van der Waals surface area contributed by atoms with Crippen LogP contribution in [-0.4, -0.2) is 45.6 Å². The molecule has 1 atom stereocenters. The Balaban J connectivity index is 0.000000396. The van der Waals surface area contributed by atoms with Crippen LogP contribution >= 0.6 is 0 Å². The van der Waals surface area contributed by atoms with Crippen LogP contribution in [0, 0.1) is 0 Å². The van der Waals surface area contributed by atoms with Gasteiger partial charge in [-0.2, -0.15) is 5.10 Å². The summed E-state index contributed by atoms with van der Waals surface area (Å²) in [7, 11) is 5.53.